The van der Waals surface area contributed by atoms with Gasteiger partial charge in [-0.15, -0.1) is 0 Å². The van der Waals surface area contributed by atoms with Crippen molar-refractivity contribution in [1.82, 2.24) is 0 Å². The average Bonchev–Trinajstić information content (AvgIpc) is 2.68. The van der Waals surface area contributed by atoms with Crippen LogP contribution in [-0.4, -0.2) is 26.1 Å². The van der Waals surface area contributed by atoms with Crippen LogP contribution < -0.4 is 0 Å². The molecule has 140 valence electrons. The summed E-state index contributed by atoms with van der Waals surface area (Å²) in [5, 5.41) is 11.3. The van der Waals surface area contributed by atoms with Crippen molar-refractivity contribution < 1.29 is 9.53 Å². The second-order valence-electron chi connectivity index (χ2n) is 11.6. The van der Waals surface area contributed by atoms with Crippen LogP contribution >= 0.6 is 0 Å². The van der Waals surface area contributed by atoms with Gasteiger partial charge in [-0.2, -0.15) is 0 Å². The molecule has 0 aromatic heterocycles. The third-order valence-corrected chi connectivity index (χ3v) is 13.6. The molecule has 3 fully saturated rings. The van der Waals surface area contributed by atoms with Gasteiger partial charge < -0.3 is 9.53 Å². The summed E-state index contributed by atoms with van der Waals surface area (Å²) >= 11 is 0. The van der Waals surface area contributed by atoms with Gasteiger partial charge in [0.1, 0.15) is 0 Å². The normalized spacial score (nSPS) is 44.6. The number of aliphatic hydroxyl groups is 1. The van der Waals surface area contributed by atoms with Gasteiger partial charge in [0.2, 0.25) is 0 Å². The Kier molecular flexibility index (Phi) is 4.20. The lowest BCUT2D eigenvalue weighted by atomic mass is 9.39. The van der Waals surface area contributed by atoms with E-state index in [2.05, 4.69) is 54.6 Å². The molecule has 0 heterocycles. The molecular weight excluding hydrogens is 312 g/mol. The molecule has 2 nitrogen and oxygen atoms in total. The second kappa shape index (κ2) is 5.33. The number of rotatable bonds is 3. The van der Waals surface area contributed by atoms with Crippen molar-refractivity contribution in [2.24, 2.45) is 28.1 Å². The van der Waals surface area contributed by atoms with Crippen LogP contribution in [0.1, 0.15) is 73.6 Å². The highest BCUT2D eigenvalue weighted by molar-refractivity contribution is 6.74. The summed E-state index contributed by atoms with van der Waals surface area (Å²) < 4.78 is 6.71. The quantitative estimate of drug-likeness (QED) is 0.669. The maximum Gasteiger partial charge on any atom is 0.192 e. The van der Waals surface area contributed by atoms with Crippen molar-refractivity contribution in [3.63, 3.8) is 0 Å². The molecule has 3 rings (SSSR count). The lowest BCUT2D eigenvalue weighted by Crippen LogP contribution is -2.63. The molecule has 0 aliphatic heterocycles. The molecule has 3 aliphatic carbocycles. The SMILES string of the molecule is CC1(C)C[C@H]2[C@H]1CC[C@]1(CO[Si](C)(C)C(C)(C)C)C(O)CC[C@]21C. The number of aliphatic hydroxyl groups excluding tert-OH is 1. The molecule has 24 heavy (non-hydrogen) atoms. The first-order valence-electron chi connectivity index (χ1n) is 10.1. The molecule has 0 radical (unpaired) electrons. The van der Waals surface area contributed by atoms with E-state index < -0.39 is 8.32 Å². The van der Waals surface area contributed by atoms with Crippen LogP contribution in [0.25, 0.3) is 0 Å². The monoisotopic (exact) mass is 352 g/mol. The Morgan fingerprint density at radius 2 is 1.67 bits per heavy atom. The minimum absolute atomic E-state index is 0.000185. The van der Waals surface area contributed by atoms with Crippen LogP contribution in [0.4, 0.5) is 0 Å². The molecule has 0 bridgehead atoms. The lowest BCUT2D eigenvalue weighted by Gasteiger charge is -2.67. The zero-order valence-corrected chi connectivity index (χ0v) is 18.3. The molecule has 3 aliphatic rings. The Bertz CT molecular complexity index is 506. The van der Waals surface area contributed by atoms with Gasteiger partial charge in [-0.3, -0.25) is 0 Å². The van der Waals surface area contributed by atoms with Crippen molar-refractivity contribution in [3.05, 3.63) is 0 Å². The van der Waals surface area contributed by atoms with E-state index in [0.717, 1.165) is 31.3 Å². The fraction of sp³-hybridized carbons (Fsp3) is 1.00. The van der Waals surface area contributed by atoms with Crippen molar-refractivity contribution in [1.29, 1.82) is 0 Å². The molecule has 5 atom stereocenters. The second-order valence-corrected chi connectivity index (χ2v) is 16.4. The summed E-state index contributed by atoms with van der Waals surface area (Å²) in [5.74, 6) is 1.65. The highest BCUT2D eigenvalue weighted by atomic mass is 28.4. The molecule has 3 heteroatoms. The van der Waals surface area contributed by atoms with Gasteiger partial charge in [-0.1, -0.05) is 41.5 Å². The molecule has 1 N–H and O–H groups in total. The fourth-order valence-corrected chi connectivity index (χ4v) is 7.18. The maximum atomic E-state index is 11.0. The maximum absolute atomic E-state index is 11.0. The molecular formula is C21H40O2Si. The van der Waals surface area contributed by atoms with E-state index in [1.165, 1.54) is 19.3 Å². The highest BCUT2D eigenvalue weighted by Gasteiger charge is 2.69. The average molecular weight is 353 g/mol. The van der Waals surface area contributed by atoms with E-state index in [1.807, 2.05) is 0 Å². The topological polar surface area (TPSA) is 29.5 Å². The van der Waals surface area contributed by atoms with Crippen LogP contribution in [-0.2, 0) is 4.43 Å². The van der Waals surface area contributed by atoms with Crippen LogP contribution in [0, 0.1) is 28.1 Å². The summed E-state index contributed by atoms with van der Waals surface area (Å²) in [6.07, 6.45) is 5.77. The van der Waals surface area contributed by atoms with Crippen LogP contribution in [0.5, 0.6) is 0 Å². The third-order valence-electron chi connectivity index (χ3n) is 9.16. The Morgan fingerprint density at radius 3 is 2.21 bits per heavy atom. The van der Waals surface area contributed by atoms with Gasteiger partial charge in [0, 0.05) is 12.0 Å². The Morgan fingerprint density at radius 1 is 1.04 bits per heavy atom. The van der Waals surface area contributed by atoms with Crippen molar-refractivity contribution >= 4 is 8.32 Å². The standard InChI is InChI=1S/C21H40O2Si/c1-18(2,3)24(7,8)23-14-21-12-9-15-16(13-19(15,4)5)20(21,6)11-10-17(21)22/h15-17,22H,9-14H2,1-8H3/t15-,16+,17?,20-,21+/m1/s1. The molecule has 3 saturated carbocycles. The minimum Gasteiger partial charge on any atom is -0.416 e. The first-order chi connectivity index (χ1) is 10.8. The van der Waals surface area contributed by atoms with E-state index >= 15 is 0 Å². The van der Waals surface area contributed by atoms with E-state index in [1.54, 1.807) is 0 Å². The van der Waals surface area contributed by atoms with E-state index in [4.69, 9.17) is 4.43 Å². The first-order valence-corrected chi connectivity index (χ1v) is 13.0. The minimum atomic E-state index is -1.78. The molecule has 0 aromatic rings. The Balaban J connectivity index is 1.85. The van der Waals surface area contributed by atoms with E-state index in [9.17, 15) is 5.11 Å². The lowest BCUT2D eigenvalue weighted by molar-refractivity contribution is -0.201. The van der Waals surface area contributed by atoms with Crippen LogP contribution in [0.2, 0.25) is 18.1 Å². The van der Waals surface area contributed by atoms with Gasteiger partial charge in [0.05, 0.1) is 6.10 Å². The summed E-state index contributed by atoms with van der Waals surface area (Å²) in [5.41, 5.74) is 0.779. The molecule has 0 aromatic carbocycles. The summed E-state index contributed by atoms with van der Waals surface area (Å²) in [6, 6.07) is 0. The van der Waals surface area contributed by atoms with Gasteiger partial charge in [-0.25, -0.2) is 0 Å². The van der Waals surface area contributed by atoms with Crippen molar-refractivity contribution in [2.75, 3.05) is 6.61 Å². The van der Waals surface area contributed by atoms with Gasteiger partial charge >= 0.3 is 0 Å². The number of fused-ring (bicyclic) bond motifs is 3. The zero-order valence-electron chi connectivity index (χ0n) is 17.3. The smallest absolute Gasteiger partial charge is 0.192 e. The predicted molar refractivity (Wildman–Crippen MR) is 104 cm³/mol. The number of hydrogen-bond acceptors (Lipinski definition) is 2. The molecule has 1 unspecified atom stereocenters. The first kappa shape index (κ1) is 18.9. The van der Waals surface area contributed by atoms with E-state index in [-0.39, 0.29) is 22.0 Å². The highest BCUT2D eigenvalue weighted by Crippen LogP contribution is 2.73. The van der Waals surface area contributed by atoms with Gasteiger partial charge in [-0.05, 0) is 72.9 Å². The fourth-order valence-electron chi connectivity index (χ4n) is 6.13. The largest absolute Gasteiger partial charge is 0.416 e. The Hall–Kier alpha value is 0.137. The van der Waals surface area contributed by atoms with Crippen LogP contribution in [0.3, 0.4) is 0 Å². The third kappa shape index (κ3) is 2.40. The molecule has 0 saturated heterocycles. The Labute approximate surface area is 150 Å². The molecule has 0 amide bonds. The van der Waals surface area contributed by atoms with E-state index in [0.29, 0.717) is 5.41 Å². The van der Waals surface area contributed by atoms with Gasteiger partial charge in [0.25, 0.3) is 0 Å². The van der Waals surface area contributed by atoms with Crippen LogP contribution in [0.15, 0.2) is 0 Å². The van der Waals surface area contributed by atoms with Gasteiger partial charge in [0.15, 0.2) is 8.32 Å². The summed E-state index contributed by atoms with van der Waals surface area (Å²) in [4.78, 5) is 0. The molecule has 0 spiro atoms. The summed E-state index contributed by atoms with van der Waals surface area (Å²) in [7, 11) is -1.78. The van der Waals surface area contributed by atoms with Crippen molar-refractivity contribution in [2.45, 2.75) is 97.9 Å². The summed E-state index contributed by atoms with van der Waals surface area (Å²) in [6.45, 7) is 19.8. The van der Waals surface area contributed by atoms with Crippen molar-refractivity contribution in [3.8, 4) is 0 Å². The number of hydrogen-bond donors (Lipinski definition) is 1. The predicted octanol–water partition coefficient (Wildman–Crippen LogP) is 5.61. The zero-order chi connectivity index (χ0) is 18.2.